The van der Waals surface area contributed by atoms with Gasteiger partial charge in [0.1, 0.15) is 18.1 Å². The highest BCUT2D eigenvalue weighted by atomic mass is 16.5. The van der Waals surface area contributed by atoms with Crippen molar-refractivity contribution < 1.29 is 24.2 Å². The number of aliphatic hydroxyl groups is 1. The molecule has 2 saturated carbocycles. The Hall–Kier alpha value is -3.63. The second kappa shape index (κ2) is 10.1. The fourth-order valence-corrected chi connectivity index (χ4v) is 6.37. The SMILES string of the molecule is CC(C)(O)COc1ccc2c(C(=O)NC3CC4(C3)CC(Oc3cc(C5CCNC5)ccc3C(N)=O)C4)cnn2c1. The second-order valence-corrected chi connectivity index (χ2v) is 12.4. The molecule has 1 aliphatic heterocycles. The average Bonchev–Trinajstić information content (AvgIpc) is 3.54. The van der Waals surface area contributed by atoms with Crippen molar-refractivity contribution in [1.82, 2.24) is 20.2 Å². The van der Waals surface area contributed by atoms with E-state index in [0.29, 0.717) is 34.1 Å². The third kappa shape index (κ3) is 5.38. The van der Waals surface area contributed by atoms with E-state index in [9.17, 15) is 14.7 Å². The topological polar surface area (TPSA) is 140 Å². The zero-order valence-corrected chi connectivity index (χ0v) is 23.0. The highest BCUT2D eigenvalue weighted by Gasteiger charge is 2.54. The summed E-state index contributed by atoms with van der Waals surface area (Å²) in [5, 5.41) is 20.7. The molecule has 2 aromatic heterocycles. The molecule has 0 radical (unpaired) electrons. The van der Waals surface area contributed by atoms with Crippen LogP contribution in [0.4, 0.5) is 0 Å². The molecule has 1 saturated heterocycles. The highest BCUT2D eigenvalue weighted by Crippen LogP contribution is 2.57. The minimum atomic E-state index is -0.943. The maximum Gasteiger partial charge on any atom is 0.255 e. The van der Waals surface area contributed by atoms with E-state index >= 15 is 0 Å². The van der Waals surface area contributed by atoms with Crippen LogP contribution in [0.1, 0.15) is 78.1 Å². The Morgan fingerprint density at radius 3 is 2.70 bits per heavy atom. The minimum absolute atomic E-state index is 0.0409. The summed E-state index contributed by atoms with van der Waals surface area (Å²) in [6.45, 7) is 5.44. The highest BCUT2D eigenvalue weighted by molar-refractivity contribution is 6.00. The van der Waals surface area contributed by atoms with Crippen molar-refractivity contribution in [3.63, 3.8) is 0 Å². The van der Waals surface area contributed by atoms with Crippen molar-refractivity contribution in [3.8, 4) is 11.5 Å². The summed E-state index contributed by atoms with van der Waals surface area (Å²) in [6, 6.07) is 9.45. The summed E-state index contributed by atoms with van der Waals surface area (Å²) in [5.74, 6) is 0.962. The molecule has 3 heterocycles. The number of hydrogen-bond donors (Lipinski definition) is 4. The smallest absolute Gasteiger partial charge is 0.255 e. The molecule has 3 fully saturated rings. The molecule has 2 aliphatic carbocycles. The summed E-state index contributed by atoms with van der Waals surface area (Å²) < 4.78 is 13.5. The van der Waals surface area contributed by atoms with Crippen LogP contribution in [0.25, 0.3) is 5.52 Å². The maximum atomic E-state index is 13.0. The lowest BCUT2D eigenvalue weighted by atomic mass is 9.53. The molecule has 3 aliphatic rings. The average molecular weight is 548 g/mol. The van der Waals surface area contributed by atoms with Crippen molar-refractivity contribution in [2.75, 3.05) is 19.7 Å². The molecule has 5 N–H and O–H groups in total. The number of carbonyl (C=O) groups excluding carboxylic acids is 2. The van der Waals surface area contributed by atoms with E-state index in [-0.39, 0.29) is 30.1 Å². The van der Waals surface area contributed by atoms with Crippen LogP contribution in [0.2, 0.25) is 0 Å². The lowest BCUT2D eigenvalue weighted by molar-refractivity contribution is -0.0834. The van der Waals surface area contributed by atoms with Gasteiger partial charge in [0.25, 0.3) is 11.8 Å². The van der Waals surface area contributed by atoms with Gasteiger partial charge in [0.15, 0.2) is 0 Å². The molecule has 40 heavy (non-hydrogen) atoms. The van der Waals surface area contributed by atoms with Gasteiger partial charge in [0.2, 0.25) is 0 Å². The third-order valence-electron chi connectivity index (χ3n) is 8.44. The molecular formula is C30H37N5O5. The Balaban J connectivity index is 1.02. The van der Waals surface area contributed by atoms with Crippen LogP contribution in [0, 0.1) is 5.41 Å². The first-order valence-corrected chi connectivity index (χ1v) is 14.0. The number of amides is 2. The molecular weight excluding hydrogens is 510 g/mol. The number of hydrogen-bond acceptors (Lipinski definition) is 7. The molecule has 1 aromatic carbocycles. The van der Waals surface area contributed by atoms with Gasteiger partial charge in [-0.25, -0.2) is 4.52 Å². The maximum absolute atomic E-state index is 13.0. The van der Waals surface area contributed by atoms with Crippen LogP contribution < -0.4 is 25.8 Å². The number of nitrogens with two attached hydrogens (primary N) is 1. The van der Waals surface area contributed by atoms with E-state index < -0.39 is 11.5 Å². The van der Waals surface area contributed by atoms with Crippen LogP contribution in [-0.2, 0) is 0 Å². The van der Waals surface area contributed by atoms with E-state index in [1.165, 1.54) is 5.56 Å². The van der Waals surface area contributed by atoms with Crippen molar-refractivity contribution in [2.24, 2.45) is 11.1 Å². The van der Waals surface area contributed by atoms with E-state index in [0.717, 1.165) is 45.2 Å². The monoisotopic (exact) mass is 547 g/mol. The summed E-state index contributed by atoms with van der Waals surface area (Å²) >= 11 is 0. The molecule has 0 bridgehead atoms. The van der Waals surface area contributed by atoms with Gasteiger partial charge in [-0.15, -0.1) is 0 Å². The quantitative estimate of drug-likeness (QED) is 0.323. The standard InChI is InChI=1S/C30H37N5O5/c1-29(2,38)17-39-21-4-6-25-24(15-33-35(25)16-21)28(37)34-20-10-30(11-20)12-22(13-30)40-26-9-18(19-7-8-32-14-19)3-5-23(26)27(31)36/h3-6,9,15-16,19-20,22,32,38H,7-8,10-14,17H2,1-2H3,(H2,31,36)(H,34,37). The first-order chi connectivity index (χ1) is 19.1. The molecule has 2 amide bonds. The zero-order valence-electron chi connectivity index (χ0n) is 23.0. The predicted octanol–water partition coefficient (Wildman–Crippen LogP) is 2.78. The van der Waals surface area contributed by atoms with Crippen molar-refractivity contribution in [2.45, 2.75) is 69.6 Å². The van der Waals surface area contributed by atoms with Crippen molar-refractivity contribution >= 4 is 17.3 Å². The first kappa shape index (κ1) is 26.6. The van der Waals surface area contributed by atoms with Crippen LogP contribution in [0.3, 0.4) is 0 Å². The number of pyridine rings is 1. The number of rotatable bonds is 9. The molecule has 6 rings (SSSR count). The third-order valence-corrected chi connectivity index (χ3v) is 8.44. The van der Waals surface area contributed by atoms with Crippen LogP contribution >= 0.6 is 0 Å². The Kier molecular flexibility index (Phi) is 6.70. The lowest BCUT2D eigenvalue weighted by Gasteiger charge is -2.57. The fourth-order valence-electron chi connectivity index (χ4n) is 6.37. The molecule has 1 spiro atoms. The Morgan fingerprint density at radius 1 is 1.20 bits per heavy atom. The number of nitrogens with zero attached hydrogens (tertiary/aromatic N) is 2. The van der Waals surface area contributed by atoms with Gasteiger partial charge in [0.05, 0.1) is 40.7 Å². The molecule has 212 valence electrons. The number of primary amides is 1. The minimum Gasteiger partial charge on any atom is -0.490 e. The number of ether oxygens (including phenoxy) is 2. The van der Waals surface area contributed by atoms with Gasteiger partial charge < -0.3 is 30.9 Å². The summed E-state index contributed by atoms with van der Waals surface area (Å²) in [6.07, 6.45) is 8.00. The summed E-state index contributed by atoms with van der Waals surface area (Å²) in [7, 11) is 0. The van der Waals surface area contributed by atoms with Crippen molar-refractivity contribution in [1.29, 1.82) is 0 Å². The van der Waals surface area contributed by atoms with Gasteiger partial charge in [-0.2, -0.15) is 5.10 Å². The predicted molar refractivity (Wildman–Crippen MR) is 149 cm³/mol. The summed E-state index contributed by atoms with van der Waals surface area (Å²) in [5.41, 5.74) is 7.68. The number of nitrogens with one attached hydrogen (secondary N) is 2. The number of fused-ring (bicyclic) bond motifs is 1. The molecule has 3 aromatic rings. The molecule has 10 heteroatoms. The fraction of sp³-hybridized carbons (Fsp3) is 0.500. The van der Waals surface area contributed by atoms with Crippen LogP contribution in [-0.4, -0.2) is 64.0 Å². The molecule has 10 nitrogen and oxygen atoms in total. The number of aromatic nitrogens is 2. The Bertz CT molecular complexity index is 1420. The first-order valence-electron chi connectivity index (χ1n) is 14.0. The van der Waals surface area contributed by atoms with E-state index in [4.69, 9.17) is 15.2 Å². The van der Waals surface area contributed by atoms with Crippen molar-refractivity contribution in [3.05, 3.63) is 59.4 Å². The van der Waals surface area contributed by atoms with E-state index in [1.807, 2.05) is 12.1 Å². The Morgan fingerprint density at radius 2 is 2.00 bits per heavy atom. The van der Waals surface area contributed by atoms with Gasteiger partial charge in [-0.05, 0) is 93.7 Å². The zero-order chi connectivity index (χ0) is 28.1. The number of carbonyl (C=O) groups is 2. The lowest BCUT2D eigenvalue weighted by Crippen LogP contribution is -2.58. The number of benzene rings is 1. The normalized spacial score (nSPS) is 25.8. The van der Waals surface area contributed by atoms with Gasteiger partial charge >= 0.3 is 0 Å². The largest absolute Gasteiger partial charge is 0.490 e. The van der Waals surface area contributed by atoms with Crippen LogP contribution in [0.5, 0.6) is 11.5 Å². The molecule has 1 atom stereocenters. The van der Waals surface area contributed by atoms with Gasteiger partial charge in [-0.3, -0.25) is 9.59 Å². The van der Waals surface area contributed by atoms with E-state index in [2.05, 4.69) is 15.7 Å². The van der Waals surface area contributed by atoms with Crippen LogP contribution in [0.15, 0.2) is 42.7 Å². The summed E-state index contributed by atoms with van der Waals surface area (Å²) in [4.78, 5) is 25.0. The van der Waals surface area contributed by atoms with Gasteiger partial charge in [-0.1, -0.05) is 6.07 Å². The van der Waals surface area contributed by atoms with Gasteiger partial charge in [0, 0.05) is 12.6 Å². The Labute approximate surface area is 233 Å². The second-order valence-electron chi connectivity index (χ2n) is 12.4. The molecule has 1 unspecified atom stereocenters. The van der Waals surface area contributed by atoms with E-state index in [1.54, 1.807) is 49.0 Å².